The molecular formula is C16H24F2N4O2S. The zero-order valence-corrected chi connectivity index (χ0v) is 15.3. The van der Waals surface area contributed by atoms with Gasteiger partial charge in [0.2, 0.25) is 5.91 Å². The normalized spacial score (nSPS) is 29.0. The molecule has 1 aromatic heterocycles. The van der Waals surface area contributed by atoms with Gasteiger partial charge in [-0.3, -0.25) is 9.69 Å². The number of anilines is 1. The number of carbonyl (C=O) groups is 1. The van der Waals surface area contributed by atoms with Crippen LogP contribution >= 0.6 is 11.3 Å². The minimum absolute atomic E-state index is 0.0712. The van der Waals surface area contributed by atoms with Crippen molar-refractivity contribution in [1.29, 1.82) is 0 Å². The van der Waals surface area contributed by atoms with Gasteiger partial charge in [0.05, 0.1) is 30.2 Å². The van der Waals surface area contributed by atoms with E-state index in [2.05, 4.69) is 9.88 Å². The Morgan fingerprint density at radius 3 is 2.96 bits per heavy atom. The number of alkyl halides is 2. The summed E-state index contributed by atoms with van der Waals surface area (Å²) in [6.45, 7) is 5.23. The molecule has 1 amide bonds. The summed E-state index contributed by atoms with van der Waals surface area (Å²) in [5.41, 5.74) is 5.74. The molecule has 0 aliphatic carbocycles. The Morgan fingerprint density at radius 1 is 1.52 bits per heavy atom. The molecule has 0 saturated carbocycles. The second-order valence-electron chi connectivity index (χ2n) is 6.94. The summed E-state index contributed by atoms with van der Waals surface area (Å²) in [7, 11) is 0. The minimum Gasteiger partial charge on any atom is -0.376 e. The molecule has 0 bridgehead atoms. The molecule has 6 nitrogen and oxygen atoms in total. The molecule has 2 saturated heterocycles. The first-order chi connectivity index (χ1) is 11.7. The SMILES string of the molecule is C[C@H]1CN(CC(c2cnc(N)s2)N2CC(F)(F)CCC2=O)[C@@H](C)CO1. The van der Waals surface area contributed by atoms with Crippen LogP contribution in [-0.2, 0) is 9.53 Å². The Bertz CT molecular complexity index is 627. The summed E-state index contributed by atoms with van der Waals surface area (Å²) in [4.78, 5) is 20.7. The van der Waals surface area contributed by atoms with Gasteiger partial charge in [-0.05, 0) is 13.8 Å². The van der Waals surface area contributed by atoms with Gasteiger partial charge in [0.25, 0.3) is 5.92 Å². The van der Waals surface area contributed by atoms with Gasteiger partial charge in [0.15, 0.2) is 5.13 Å². The quantitative estimate of drug-likeness (QED) is 0.874. The van der Waals surface area contributed by atoms with Crippen LogP contribution in [0.2, 0.25) is 0 Å². The summed E-state index contributed by atoms with van der Waals surface area (Å²) < 4.78 is 33.6. The Labute approximate surface area is 149 Å². The van der Waals surface area contributed by atoms with Crippen molar-refractivity contribution < 1.29 is 18.3 Å². The van der Waals surface area contributed by atoms with E-state index in [0.29, 0.717) is 24.8 Å². The summed E-state index contributed by atoms with van der Waals surface area (Å²) in [6, 6.07) is -0.314. The summed E-state index contributed by atoms with van der Waals surface area (Å²) >= 11 is 1.25. The lowest BCUT2D eigenvalue weighted by Gasteiger charge is -2.43. The molecule has 3 heterocycles. The molecule has 25 heavy (non-hydrogen) atoms. The van der Waals surface area contributed by atoms with Crippen LogP contribution in [0, 0.1) is 0 Å². The minimum atomic E-state index is -2.85. The second kappa shape index (κ2) is 7.13. The van der Waals surface area contributed by atoms with Crippen molar-refractivity contribution in [2.24, 2.45) is 0 Å². The van der Waals surface area contributed by atoms with Gasteiger partial charge in [0.1, 0.15) is 0 Å². The van der Waals surface area contributed by atoms with Crippen LogP contribution in [0.4, 0.5) is 13.9 Å². The van der Waals surface area contributed by atoms with Gasteiger partial charge in [-0.1, -0.05) is 0 Å². The highest BCUT2D eigenvalue weighted by Crippen LogP contribution is 2.36. The number of morpholine rings is 1. The first-order valence-corrected chi connectivity index (χ1v) is 9.31. The van der Waals surface area contributed by atoms with Gasteiger partial charge in [-0.25, -0.2) is 13.8 Å². The fourth-order valence-corrected chi connectivity index (χ4v) is 4.17. The molecule has 3 atom stereocenters. The molecule has 2 fully saturated rings. The van der Waals surface area contributed by atoms with Crippen LogP contribution in [0.1, 0.15) is 37.6 Å². The third-order valence-corrected chi connectivity index (χ3v) is 5.74. The topological polar surface area (TPSA) is 71.7 Å². The van der Waals surface area contributed by atoms with Gasteiger partial charge in [0, 0.05) is 38.2 Å². The molecule has 1 aromatic rings. The van der Waals surface area contributed by atoms with E-state index in [0.717, 1.165) is 4.88 Å². The van der Waals surface area contributed by atoms with E-state index >= 15 is 0 Å². The summed E-state index contributed by atoms with van der Waals surface area (Å²) in [5.74, 6) is -3.09. The molecule has 0 radical (unpaired) electrons. The largest absolute Gasteiger partial charge is 0.376 e. The van der Waals surface area contributed by atoms with Crippen LogP contribution in [0.25, 0.3) is 0 Å². The number of hydrogen-bond donors (Lipinski definition) is 1. The van der Waals surface area contributed by atoms with Gasteiger partial charge in [-0.2, -0.15) is 0 Å². The number of rotatable bonds is 4. The number of ether oxygens (including phenoxy) is 1. The number of thiazole rings is 1. The highest BCUT2D eigenvalue weighted by Gasteiger charge is 2.43. The number of piperidine rings is 1. The van der Waals surface area contributed by atoms with E-state index in [1.54, 1.807) is 6.20 Å². The van der Waals surface area contributed by atoms with Crippen molar-refractivity contribution in [3.8, 4) is 0 Å². The third-order valence-electron chi connectivity index (χ3n) is 4.82. The Morgan fingerprint density at radius 2 is 2.28 bits per heavy atom. The maximum Gasteiger partial charge on any atom is 0.265 e. The predicted molar refractivity (Wildman–Crippen MR) is 91.6 cm³/mol. The molecule has 2 aliphatic heterocycles. The van der Waals surface area contributed by atoms with E-state index in [-0.39, 0.29) is 30.9 Å². The average molecular weight is 374 g/mol. The molecule has 0 spiro atoms. The van der Waals surface area contributed by atoms with Crippen LogP contribution < -0.4 is 5.73 Å². The van der Waals surface area contributed by atoms with E-state index in [9.17, 15) is 13.6 Å². The first-order valence-electron chi connectivity index (χ1n) is 8.49. The van der Waals surface area contributed by atoms with Crippen LogP contribution in [0.5, 0.6) is 0 Å². The monoisotopic (exact) mass is 374 g/mol. The molecule has 0 aromatic carbocycles. The highest BCUT2D eigenvalue weighted by atomic mass is 32.1. The smallest absolute Gasteiger partial charge is 0.265 e. The molecule has 140 valence electrons. The third kappa shape index (κ3) is 4.27. The maximum absolute atomic E-state index is 14.0. The number of nitrogens with two attached hydrogens (primary N) is 1. The Hall–Kier alpha value is -1.32. The van der Waals surface area contributed by atoms with E-state index in [1.807, 2.05) is 13.8 Å². The number of halogens is 2. The lowest BCUT2D eigenvalue weighted by molar-refractivity contribution is -0.153. The summed E-state index contributed by atoms with van der Waals surface area (Å²) in [5, 5.41) is 0.375. The Balaban J connectivity index is 1.86. The van der Waals surface area contributed by atoms with Gasteiger partial charge >= 0.3 is 0 Å². The lowest BCUT2D eigenvalue weighted by atomic mass is 10.0. The zero-order valence-electron chi connectivity index (χ0n) is 14.5. The van der Waals surface area contributed by atoms with Crippen LogP contribution in [-0.4, -0.2) is 65.0 Å². The summed E-state index contributed by atoms with van der Waals surface area (Å²) in [6.07, 6.45) is 1.15. The molecule has 3 rings (SSSR count). The second-order valence-corrected chi connectivity index (χ2v) is 8.03. The fraction of sp³-hybridized carbons (Fsp3) is 0.750. The number of amides is 1. The number of hydrogen-bond acceptors (Lipinski definition) is 6. The van der Waals surface area contributed by atoms with E-state index < -0.39 is 18.5 Å². The van der Waals surface area contributed by atoms with Crippen molar-refractivity contribution in [3.05, 3.63) is 11.1 Å². The van der Waals surface area contributed by atoms with Gasteiger partial charge < -0.3 is 15.4 Å². The molecule has 1 unspecified atom stereocenters. The van der Waals surface area contributed by atoms with E-state index in [4.69, 9.17) is 10.5 Å². The first kappa shape index (κ1) is 18.5. The van der Waals surface area contributed by atoms with Crippen LogP contribution in [0.15, 0.2) is 6.20 Å². The standard InChI is InChI=1S/C16H24F2N4O2S/c1-10-8-24-11(2)6-21(10)7-12(13-5-20-15(19)25-13)22-9-16(17,18)4-3-14(22)23/h5,10-12H,3-4,6-9H2,1-2H3,(H2,19,20)/t10-,11-,12?/m0/s1. The Kier molecular flexibility index (Phi) is 5.26. The molecule has 2 aliphatic rings. The zero-order chi connectivity index (χ0) is 18.2. The van der Waals surface area contributed by atoms with E-state index in [1.165, 1.54) is 16.2 Å². The fourth-order valence-electron chi connectivity index (χ4n) is 3.38. The number of carbonyl (C=O) groups excluding carboxylic acids is 1. The van der Waals surface area contributed by atoms with Crippen molar-refractivity contribution in [2.45, 2.75) is 50.8 Å². The number of nitrogens with zero attached hydrogens (tertiary/aromatic N) is 3. The highest BCUT2D eigenvalue weighted by molar-refractivity contribution is 7.15. The van der Waals surface area contributed by atoms with Crippen molar-refractivity contribution in [3.63, 3.8) is 0 Å². The van der Waals surface area contributed by atoms with Crippen molar-refractivity contribution in [1.82, 2.24) is 14.8 Å². The number of nitrogen functional groups attached to an aromatic ring is 1. The molecular weight excluding hydrogens is 350 g/mol. The van der Waals surface area contributed by atoms with Gasteiger partial charge in [-0.15, -0.1) is 11.3 Å². The molecule has 2 N–H and O–H groups in total. The van der Waals surface area contributed by atoms with Crippen molar-refractivity contribution in [2.75, 3.05) is 32.0 Å². The predicted octanol–water partition coefficient (Wildman–Crippen LogP) is 2.13. The average Bonchev–Trinajstić information content (AvgIpc) is 2.97. The van der Waals surface area contributed by atoms with Crippen LogP contribution in [0.3, 0.4) is 0 Å². The number of aromatic nitrogens is 1. The molecule has 9 heteroatoms. The lowest BCUT2D eigenvalue weighted by Crippen LogP contribution is -2.54. The number of likely N-dealkylation sites (tertiary alicyclic amines) is 1. The maximum atomic E-state index is 14.0. The van der Waals surface area contributed by atoms with Crippen molar-refractivity contribution >= 4 is 22.4 Å².